The number of hydrogen-bond acceptors (Lipinski definition) is 2. The molecule has 3 heteroatoms. The normalized spacial score (nSPS) is 11.1. The number of benzene rings is 1. The molecule has 0 aliphatic rings. The highest BCUT2D eigenvalue weighted by Gasteiger charge is 2.09. The van der Waals surface area contributed by atoms with Crippen LogP contribution in [0.25, 0.3) is 11.4 Å². The van der Waals surface area contributed by atoms with Crippen molar-refractivity contribution < 1.29 is 0 Å². The van der Waals surface area contributed by atoms with Crippen LogP contribution in [-0.2, 0) is 12.8 Å². The summed E-state index contributed by atoms with van der Waals surface area (Å²) in [6, 6.07) is 8.46. The van der Waals surface area contributed by atoms with Crippen molar-refractivity contribution in [3.8, 4) is 11.4 Å². The Morgan fingerprint density at radius 3 is 2.30 bits per heavy atom. The lowest BCUT2D eigenvalue weighted by atomic mass is 10.0. The number of hydrogen-bond donors (Lipinski definition) is 0. The van der Waals surface area contributed by atoms with Gasteiger partial charge in [0, 0.05) is 16.8 Å². The summed E-state index contributed by atoms with van der Waals surface area (Å²) in [5.74, 6) is 1.38. The zero-order valence-corrected chi connectivity index (χ0v) is 13.3. The Hall–Kier alpha value is -1.41. The van der Waals surface area contributed by atoms with Crippen molar-refractivity contribution in [3.63, 3.8) is 0 Å². The molecule has 0 saturated carbocycles. The first-order chi connectivity index (χ1) is 9.51. The standard InChI is InChI=1S/C17H21ClN2/c1-5-15-12(4)16(18)20-17(19-15)14-8-6-13(7-9-14)10-11(2)3/h6-9,11H,5,10H2,1-4H3. The maximum absolute atomic E-state index is 6.20. The Morgan fingerprint density at radius 2 is 1.75 bits per heavy atom. The molecule has 0 aliphatic heterocycles. The molecule has 0 unspecified atom stereocenters. The molecule has 0 saturated heterocycles. The molecule has 0 spiro atoms. The van der Waals surface area contributed by atoms with Gasteiger partial charge in [-0.25, -0.2) is 9.97 Å². The zero-order valence-electron chi connectivity index (χ0n) is 12.6. The number of nitrogens with zero attached hydrogens (tertiary/aromatic N) is 2. The molecule has 20 heavy (non-hydrogen) atoms. The van der Waals surface area contributed by atoms with Gasteiger partial charge in [0.2, 0.25) is 0 Å². The summed E-state index contributed by atoms with van der Waals surface area (Å²) in [7, 11) is 0. The second-order valence-electron chi connectivity index (χ2n) is 5.56. The van der Waals surface area contributed by atoms with Crippen LogP contribution < -0.4 is 0 Å². The quantitative estimate of drug-likeness (QED) is 0.750. The zero-order chi connectivity index (χ0) is 14.7. The average Bonchev–Trinajstić information content (AvgIpc) is 2.42. The lowest BCUT2D eigenvalue weighted by Gasteiger charge is -2.09. The predicted molar refractivity (Wildman–Crippen MR) is 85.1 cm³/mol. The Kier molecular flexibility index (Phi) is 4.77. The molecule has 106 valence electrons. The van der Waals surface area contributed by atoms with Crippen molar-refractivity contribution in [3.05, 3.63) is 46.2 Å². The molecule has 0 amide bonds. The van der Waals surface area contributed by atoms with Crippen molar-refractivity contribution in [1.82, 2.24) is 9.97 Å². The molecule has 0 atom stereocenters. The Bertz CT molecular complexity index is 589. The van der Waals surface area contributed by atoms with E-state index in [0.717, 1.165) is 29.7 Å². The predicted octanol–water partition coefficient (Wildman–Crippen LogP) is 4.87. The average molecular weight is 289 g/mol. The van der Waals surface area contributed by atoms with E-state index in [9.17, 15) is 0 Å². The fourth-order valence-electron chi connectivity index (χ4n) is 2.27. The van der Waals surface area contributed by atoms with E-state index in [1.165, 1.54) is 5.56 Å². The first-order valence-electron chi connectivity index (χ1n) is 7.13. The topological polar surface area (TPSA) is 25.8 Å². The SMILES string of the molecule is CCc1nc(-c2ccc(CC(C)C)cc2)nc(Cl)c1C. The minimum atomic E-state index is 0.554. The molecule has 2 nitrogen and oxygen atoms in total. The molecule has 0 N–H and O–H groups in total. The maximum Gasteiger partial charge on any atom is 0.161 e. The molecule has 2 aromatic rings. The minimum absolute atomic E-state index is 0.554. The van der Waals surface area contributed by atoms with Crippen LogP contribution in [0.3, 0.4) is 0 Å². The molecule has 0 bridgehead atoms. The van der Waals surface area contributed by atoms with Gasteiger partial charge in [-0.15, -0.1) is 0 Å². The molecule has 2 rings (SSSR count). The van der Waals surface area contributed by atoms with Crippen LogP contribution >= 0.6 is 11.6 Å². The van der Waals surface area contributed by atoms with Gasteiger partial charge < -0.3 is 0 Å². The van der Waals surface area contributed by atoms with E-state index in [1.54, 1.807) is 0 Å². The summed E-state index contributed by atoms with van der Waals surface area (Å²) in [5, 5.41) is 0.554. The van der Waals surface area contributed by atoms with E-state index in [2.05, 4.69) is 55.0 Å². The van der Waals surface area contributed by atoms with Crippen molar-refractivity contribution in [1.29, 1.82) is 0 Å². The molecule has 0 radical (unpaired) electrons. The van der Waals surface area contributed by atoms with Gasteiger partial charge in [0.1, 0.15) is 5.15 Å². The Labute approximate surface area is 126 Å². The Morgan fingerprint density at radius 1 is 1.10 bits per heavy atom. The highest BCUT2D eigenvalue weighted by atomic mass is 35.5. The third-order valence-corrected chi connectivity index (χ3v) is 3.75. The van der Waals surface area contributed by atoms with E-state index in [1.807, 2.05) is 6.92 Å². The third-order valence-electron chi connectivity index (χ3n) is 3.38. The van der Waals surface area contributed by atoms with E-state index < -0.39 is 0 Å². The van der Waals surface area contributed by atoms with E-state index >= 15 is 0 Å². The van der Waals surface area contributed by atoms with Crippen molar-refractivity contribution in [2.45, 2.75) is 40.5 Å². The van der Waals surface area contributed by atoms with Crippen LogP contribution in [0.4, 0.5) is 0 Å². The van der Waals surface area contributed by atoms with Crippen LogP contribution in [0.15, 0.2) is 24.3 Å². The van der Waals surface area contributed by atoms with Gasteiger partial charge in [0.05, 0.1) is 0 Å². The number of rotatable bonds is 4. The Balaban J connectivity index is 2.34. The summed E-state index contributed by atoms with van der Waals surface area (Å²) in [6.07, 6.45) is 1.96. The van der Waals surface area contributed by atoms with Gasteiger partial charge in [-0.1, -0.05) is 56.6 Å². The van der Waals surface area contributed by atoms with Crippen LogP contribution in [0.2, 0.25) is 5.15 Å². The maximum atomic E-state index is 6.20. The summed E-state index contributed by atoms with van der Waals surface area (Å²) < 4.78 is 0. The smallest absolute Gasteiger partial charge is 0.161 e. The summed E-state index contributed by atoms with van der Waals surface area (Å²) in [6.45, 7) is 8.51. The summed E-state index contributed by atoms with van der Waals surface area (Å²) in [5.41, 5.74) is 4.37. The highest BCUT2D eigenvalue weighted by molar-refractivity contribution is 6.30. The molecule has 1 heterocycles. The fraction of sp³-hybridized carbons (Fsp3) is 0.412. The van der Waals surface area contributed by atoms with Gasteiger partial charge >= 0.3 is 0 Å². The van der Waals surface area contributed by atoms with Gasteiger partial charge in [0.25, 0.3) is 0 Å². The lowest BCUT2D eigenvalue weighted by molar-refractivity contribution is 0.647. The molecular weight excluding hydrogens is 268 g/mol. The van der Waals surface area contributed by atoms with Crippen molar-refractivity contribution >= 4 is 11.6 Å². The molecule has 0 fully saturated rings. The molecular formula is C17H21ClN2. The van der Waals surface area contributed by atoms with Gasteiger partial charge in [-0.2, -0.15) is 0 Å². The first kappa shape index (κ1) is 15.0. The van der Waals surface area contributed by atoms with E-state index in [-0.39, 0.29) is 0 Å². The second-order valence-corrected chi connectivity index (χ2v) is 5.92. The van der Waals surface area contributed by atoms with Crippen LogP contribution in [0.5, 0.6) is 0 Å². The fourth-order valence-corrected chi connectivity index (χ4v) is 2.46. The van der Waals surface area contributed by atoms with Crippen molar-refractivity contribution in [2.24, 2.45) is 5.92 Å². The molecule has 1 aromatic heterocycles. The highest BCUT2D eigenvalue weighted by Crippen LogP contribution is 2.23. The lowest BCUT2D eigenvalue weighted by Crippen LogP contribution is -2.00. The van der Waals surface area contributed by atoms with Gasteiger partial charge in [-0.3, -0.25) is 0 Å². The largest absolute Gasteiger partial charge is 0.233 e. The molecule has 0 aliphatic carbocycles. The first-order valence-corrected chi connectivity index (χ1v) is 7.51. The van der Waals surface area contributed by atoms with E-state index in [4.69, 9.17) is 11.6 Å². The monoisotopic (exact) mass is 288 g/mol. The van der Waals surface area contributed by atoms with Crippen LogP contribution in [0, 0.1) is 12.8 Å². The van der Waals surface area contributed by atoms with E-state index in [0.29, 0.717) is 16.9 Å². The van der Waals surface area contributed by atoms with Crippen LogP contribution in [-0.4, -0.2) is 9.97 Å². The van der Waals surface area contributed by atoms with Crippen LogP contribution in [0.1, 0.15) is 37.6 Å². The number of aromatic nitrogens is 2. The number of halogens is 1. The second kappa shape index (κ2) is 6.36. The molecule has 1 aromatic carbocycles. The summed E-state index contributed by atoms with van der Waals surface area (Å²) in [4.78, 5) is 9.01. The third kappa shape index (κ3) is 3.37. The number of aryl methyl sites for hydroxylation is 1. The van der Waals surface area contributed by atoms with Gasteiger partial charge in [0.15, 0.2) is 5.82 Å². The van der Waals surface area contributed by atoms with Crippen molar-refractivity contribution in [2.75, 3.05) is 0 Å². The minimum Gasteiger partial charge on any atom is -0.233 e. The van der Waals surface area contributed by atoms with Gasteiger partial charge in [-0.05, 0) is 31.2 Å². The summed E-state index contributed by atoms with van der Waals surface area (Å²) >= 11 is 6.20.